The molecule has 128 valence electrons. The molecule has 25 heavy (non-hydrogen) atoms. The number of nitrogens with zero attached hydrogens (tertiary/aromatic N) is 1. The molecule has 2 saturated heterocycles. The number of benzene rings is 1. The molecule has 6 heteroatoms. The third-order valence-corrected chi connectivity index (χ3v) is 5.57. The van der Waals surface area contributed by atoms with Gasteiger partial charge in [-0.1, -0.05) is 24.3 Å². The van der Waals surface area contributed by atoms with Crippen molar-refractivity contribution in [3.8, 4) is 0 Å². The average Bonchev–Trinajstić information content (AvgIpc) is 2.98. The van der Waals surface area contributed by atoms with Crippen molar-refractivity contribution in [1.29, 1.82) is 0 Å². The lowest BCUT2D eigenvalue weighted by atomic mass is 9.81. The zero-order valence-electron chi connectivity index (χ0n) is 13.8. The van der Waals surface area contributed by atoms with Gasteiger partial charge in [0.25, 0.3) is 0 Å². The Balaban J connectivity index is 1.57. The largest absolute Gasteiger partial charge is 0.463 e. The SMILES string of the molecule is COC1C(=O)OCC2C(=O)N3CC4=Cc5ccccc5NC4C3=CC21. The highest BCUT2D eigenvalue weighted by Crippen LogP contribution is 2.43. The van der Waals surface area contributed by atoms with Crippen LogP contribution in [0.5, 0.6) is 0 Å². The topological polar surface area (TPSA) is 67.9 Å². The predicted molar refractivity (Wildman–Crippen MR) is 90.4 cm³/mol. The van der Waals surface area contributed by atoms with Crippen molar-refractivity contribution in [3.63, 3.8) is 0 Å². The van der Waals surface area contributed by atoms with Gasteiger partial charge >= 0.3 is 5.97 Å². The van der Waals surface area contributed by atoms with Gasteiger partial charge in [0.2, 0.25) is 5.91 Å². The molecule has 0 bridgehead atoms. The molecule has 4 aliphatic heterocycles. The van der Waals surface area contributed by atoms with Gasteiger partial charge in [0.15, 0.2) is 6.10 Å². The Hall–Kier alpha value is -2.60. The van der Waals surface area contributed by atoms with Crippen LogP contribution in [0.1, 0.15) is 5.56 Å². The number of ether oxygens (including phenoxy) is 2. The van der Waals surface area contributed by atoms with Crippen LogP contribution in [0.2, 0.25) is 0 Å². The molecule has 1 aromatic carbocycles. The highest BCUT2D eigenvalue weighted by Gasteiger charge is 2.51. The second-order valence-electron chi connectivity index (χ2n) is 6.87. The summed E-state index contributed by atoms with van der Waals surface area (Å²) in [5, 5.41) is 3.53. The lowest BCUT2D eigenvalue weighted by Gasteiger charge is -2.40. The van der Waals surface area contributed by atoms with E-state index in [4.69, 9.17) is 9.47 Å². The Labute approximate surface area is 145 Å². The number of anilines is 1. The third kappa shape index (κ3) is 2.00. The summed E-state index contributed by atoms with van der Waals surface area (Å²) in [6, 6.07) is 8.06. The number of methoxy groups -OCH3 is 1. The molecule has 1 aromatic rings. The number of cyclic esters (lactones) is 1. The smallest absolute Gasteiger partial charge is 0.335 e. The number of carbonyl (C=O) groups excluding carboxylic acids is 2. The second kappa shape index (κ2) is 5.20. The van der Waals surface area contributed by atoms with Crippen molar-refractivity contribution in [1.82, 2.24) is 4.90 Å². The first-order chi connectivity index (χ1) is 12.2. The zero-order valence-corrected chi connectivity index (χ0v) is 13.8. The van der Waals surface area contributed by atoms with Crippen LogP contribution in [0, 0.1) is 11.8 Å². The van der Waals surface area contributed by atoms with Crippen molar-refractivity contribution < 1.29 is 19.1 Å². The highest BCUT2D eigenvalue weighted by atomic mass is 16.6. The molecule has 4 heterocycles. The maximum Gasteiger partial charge on any atom is 0.335 e. The summed E-state index contributed by atoms with van der Waals surface area (Å²) < 4.78 is 10.5. The quantitative estimate of drug-likeness (QED) is 0.784. The van der Waals surface area contributed by atoms with Gasteiger partial charge in [-0.3, -0.25) is 4.79 Å². The summed E-state index contributed by atoms with van der Waals surface area (Å²) in [5.41, 5.74) is 4.27. The average molecular weight is 338 g/mol. The minimum absolute atomic E-state index is 0.0122. The van der Waals surface area contributed by atoms with Gasteiger partial charge in [-0.05, 0) is 23.3 Å². The van der Waals surface area contributed by atoms with Crippen LogP contribution < -0.4 is 5.32 Å². The summed E-state index contributed by atoms with van der Waals surface area (Å²) in [5.74, 6) is -1.02. The standard InChI is InChI=1S/C19H18N2O4/c1-24-17-12-7-15-16-11(6-10-4-2-3-5-14(10)20-16)8-21(15)18(22)13(12)9-25-19(17)23/h2-7,12-13,16-17,20H,8-9H2,1H3. The van der Waals surface area contributed by atoms with E-state index in [1.165, 1.54) is 7.11 Å². The lowest BCUT2D eigenvalue weighted by molar-refractivity contribution is -0.174. The Morgan fingerprint density at radius 2 is 2.12 bits per heavy atom. The molecule has 4 aliphatic rings. The zero-order chi connectivity index (χ0) is 17.1. The summed E-state index contributed by atoms with van der Waals surface area (Å²) in [6.45, 7) is 0.700. The molecule has 0 aliphatic carbocycles. The van der Waals surface area contributed by atoms with Gasteiger partial charge in [0.1, 0.15) is 6.61 Å². The van der Waals surface area contributed by atoms with Gasteiger partial charge in [0.05, 0.1) is 12.0 Å². The fraction of sp³-hybridized carbons (Fsp3) is 0.368. The highest BCUT2D eigenvalue weighted by molar-refractivity contribution is 5.89. The number of fused-ring (bicyclic) bond motifs is 5. The van der Waals surface area contributed by atoms with Crippen molar-refractivity contribution in [3.05, 3.63) is 47.2 Å². The number of nitrogens with one attached hydrogen (secondary N) is 1. The summed E-state index contributed by atoms with van der Waals surface area (Å²) >= 11 is 0. The molecular formula is C19H18N2O4. The van der Waals surface area contributed by atoms with Crippen molar-refractivity contribution >= 4 is 23.6 Å². The number of hydrogen-bond acceptors (Lipinski definition) is 5. The molecule has 0 aromatic heterocycles. The van der Waals surface area contributed by atoms with E-state index in [2.05, 4.69) is 17.5 Å². The van der Waals surface area contributed by atoms with E-state index in [-0.39, 0.29) is 30.4 Å². The molecule has 2 fully saturated rings. The number of hydrogen-bond donors (Lipinski definition) is 1. The maximum atomic E-state index is 13.0. The van der Waals surface area contributed by atoms with E-state index in [1.54, 1.807) is 0 Å². The summed E-state index contributed by atoms with van der Waals surface area (Å²) in [4.78, 5) is 26.8. The monoisotopic (exact) mass is 338 g/mol. The van der Waals surface area contributed by atoms with Crippen molar-refractivity contribution in [2.75, 3.05) is 25.6 Å². The molecule has 4 atom stereocenters. The molecule has 4 unspecified atom stereocenters. The number of rotatable bonds is 1. The van der Waals surface area contributed by atoms with E-state index in [0.29, 0.717) is 6.54 Å². The summed E-state index contributed by atoms with van der Waals surface area (Å²) in [7, 11) is 1.48. The van der Waals surface area contributed by atoms with Gasteiger partial charge < -0.3 is 19.7 Å². The number of carbonyl (C=O) groups is 2. The first-order valence-electron chi connectivity index (χ1n) is 8.46. The molecule has 1 N–H and O–H groups in total. The number of amides is 1. The van der Waals surface area contributed by atoms with E-state index in [1.807, 2.05) is 29.2 Å². The first kappa shape index (κ1) is 14.7. The fourth-order valence-electron chi connectivity index (χ4n) is 4.33. The van der Waals surface area contributed by atoms with Crippen LogP contribution >= 0.6 is 0 Å². The minimum atomic E-state index is -0.721. The Morgan fingerprint density at radius 3 is 2.96 bits per heavy atom. The van der Waals surface area contributed by atoms with Crippen LogP contribution in [0.25, 0.3) is 6.08 Å². The molecule has 0 spiro atoms. The molecular weight excluding hydrogens is 320 g/mol. The van der Waals surface area contributed by atoms with Crippen LogP contribution in [0.3, 0.4) is 0 Å². The number of esters is 1. The van der Waals surface area contributed by atoms with E-state index in [9.17, 15) is 9.59 Å². The molecule has 0 saturated carbocycles. The van der Waals surface area contributed by atoms with Crippen molar-refractivity contribution in [2.24, 2.45) is 11.8 Å². The number of para-hydroxylation sites is 1. The second-order valence-corrected chi connectivity index (χ2v) is 6.87. The van der Waals surface area contributed by atoms with E-state index >= 15 is 0 Å². The van der Waals surface area contributed by atoms with Crippen LogP contribution in [-0.2, 0) is 19.1 Å². The molecule has 6 nitrogen and oxygen atoms in total. The maximum absolute atomic E-state index is 13.0. The van der Waals surface area contributed by atoms with E-state index < -0.39 is 12.1 Å². The first-order valence-corrected chi connectivity index (χ1v) is 8.46. The van der Waals surface area contributed by atoms with Crippen LogP contribution in [0.4, 0.5) is 5.69 Å². The lowest BCUT2D eigenvalue weighted by Crippen LogP contribution is -2.53. The van der Waals surface area contributed by atoms with Crippen LogP contribution in [0.15, 0.2) is 41.6 Å². The van der Waals surface area contributed by atoms with Gasteiger partial charge in [-0.25, -0.2) is 4.79 Å². The summed E-state index contributed by atoms with van der Waals surface area (Å²) in [6.07, 6.45) is 3.47. The van der Waals surface area contributed by atoms with Gasteiger partial charge in [-0.15, -0.1) is 0 Å². The molecule has 0 radical (unpaired) electrons. The van der Waals surface area contributed by atoms with Gasteiger partial charge in [0, 0.05) is 31.0 Å². The Kier molecular flexibility index (Phi) is 3.06. The molecule has 5 rings (SSSR count). The Bertz CT molecular complexity index is 844. The van der Waals surface area contributed by atoms with E-state index in [0.717, 1.165) is 22.5 Å². The molecule has 1 amide bonds. The van der Waals surface area contributed by atoms with Crippen LogP contribution in [-0.4, -0.2) is 49.2 Å². The fourth-order valence-corrected chi connectivity index (χ4v) is 4.33. The Morgan fingerprint density at radius 1 is 1.28 bits per heavy atom. The normalized spacial score (nSPS) is 32.4. The minimum Gasteiger partial charge on any atom is -0.463 e. The van der Waals surface area contributed by atoms with Gasteiger partial charge in [-0.2, -0.15) is 0 Å². The third-order valence-electron chi connectivity index (χ3n) is 5.57. The van der Waals surface area contributed by atoms with Crippen molar-refractivity contribution in [2.45, 2.75) is 12.1 Å². The predicted octanol–water partition coefficient (Wildman–Crippen LogP) is 1.41.